The van der Waals surface area contributed by atoms with Gasteiger partial charge in [0.25, 0.3) is 0 Å². The Kier molecular flexibility index (Phi) is 4.04. The van der Waals surface area contributed by atoms with Crippen molar-refractivity contribution in [1.82, 2.24) is 10.2 Å². The third kappa shape index (κ3) is 2.54. The average Bonchev–Trinajstić information content (AvgIpc) is 2.32. The summed E-state index contributed by atoms with van der Waals surface area (Å²) in [7, 11) is 2.11. The molecule has 1 aliphatic carbocycles. The van der Waals surface area contributed by atoms with Crippen LogP contribution in [0.1, 0.15) is 51.4 Å². The number of nitrogens with zero attached hydrogens (tertiary/aromatic N) is 1. The highest BCUT2D eigenvalue weighted by Gasteiger charge is 2.37. The lowest BCUT2D eigenvalue weighted by Gasteiger charge is -2.48. The average molecular weight is 210 g/mol. The Hall–Kier alpha value is -0.0800. The van der Waals surface area contributed by atoms with Crippen LogP contribution in [0, 0.1) is 0 Å². The second-order valence-electron chi connectivity index (χ2n) is 5.36. The first-order valence-corrected chi connectivity index (χ1v) is 6.77. The first-order valence-electron chi connectivity index (χ1n) is 6.77. The van der Waals surface area contributed by atoms with Gasteiger partial charge in [-0.3, -0.25) is 4.90 Å². The molecule has 0 aromatic rings. The molecule has 1 aliphatic heterocycles. The van der Waals surface area contributed by atoms with Gasteiger partial charge in [0.2, 0.25) is 0 Å². The largest absolute Gasteiger partial charge is 0.318 e. The third-order valence-corrected chi connectivity index (χ3v) is 4.32. The van der Waals surface area contributed by atoms with E-state index in [1.54, 1.807) is 0 Å². The van der Waals surface area contributed by atoms with Crippen LogP contribution >= 0.6 is 0 Å². The minimum Gasteiger partial charge on any atom is -0.318 e. The zero-order chi connectivity index (χ0) is 10.6. The fourth-order valence-corrected chi connectivity index (χ4v) is 3.51. The van der Waals surface area contributed by atoms with Crippen molar-refractivity contribution in [1.29, 1.82) is 0 Å². The zero-order valence-corrected chi connectivity index (χ0v) is 10.2. The molecule has 0 aromatic carbocycles. The van der Waals surface area contributed by atoms with Crippen molar-refractivity contribution in [2.45, 2.75) is 56.9 Å². The molecule has 88 valence electrons. The summed E-state index contributed by atoms with van der Waals surface area (Å²) < 4.78 is 0. The highest BCUT2D eigenvalue weighted by Crippen LogP contribution is 2.34. The molecular weight excluding hydrogens is 184 g/mol. The van der Waals surface area contributed by atoms with Crippen LogP contribution in [-0.4, -0.2) is 37.1 Å². The normalized spacial score (nSPS) is 27.8. The fourth-order valence-electron chi connectivity index (χ4n) is 3.51. The van der Waals surface area contributed by atoms with E-state index in [9.17, 15) is 0 Å². The van der Waals surface area contributed by atoms with Crippen molar-refractivity contribution in [2.24, 2.45) is 0 Å². The summed E-state index contributed by atoms with van der Waals surface area (Å²) in [6.45, 7) is 3.90. The molecule has 0 spiro atoms. The van der Waals surface area contributed by atoms with E-state index in [1.165, 1.54) is 71.0 Å². The molecule has 2 nitrogen and oxygen atoms in total. The van der Waals surface area contributed by atoms with Gasteiger partial charge in [-0.25, -0.2) is 0 Å². The van der Waals surface area contributed by atoms with E-state index in [0.717, 1.165) is 0 Å². The van der Waals surface area contributed by atoms with Crippen LogP contribution in [0.4, 0.5) is 0 Å². The Morgan fingerprint density at radius 2 is 1.53 bits per heavy atom. The maximum Gasteiger partial charge on any atom is 0.0333 e. The number of hydrogen-bond acceptors (Lipinski definition) is 2. The Morgan fingerprint density at radius 1 is 0.933 bits per heavy atom. The van der Waals surface area contributed by atoms with Gasteiger partial charge in [0.15, 0.2) is 0 Å². The Balaban J connectivity index is 2.01. The summed E-state index contributed by atoms with van der Waals surface area (Å²) in [6.07, 6.45) is 11.5. The van der Waals surface area contributed by atoms with E-state index in [4.69, 9.17) is 0 Å². The second-order valence-corrected chi connectivity index (χ2v) is 5.36. The minimum absolute atomic E-state index is 0.521. The number of rotatable bonds is 3. The van der Waals surface area contributed by atoms with E-state index < -0.39 is 0 Å². The molecule has 1 heterocycles. The van der Waals surface area contributed by atoms with E-state index in [2.05, 4.69) is 17.3 Å². The number of nitrogens with one attached hydrogen (secondary N) is 1. The molecule has 0 bridgehead atoms. The first kappa shape index (κ1) is 11.4. The third-order valence-electron chi connectivity index (χ3n) is 4.32. The molecule has 2 fully saturated rings. The van der Waals surface area contributed by atoms with Crippen molar-refractivity contribution in [3.8, 4) is 0 Å². The van der Waals surface area contributed by atoms with Crippen LogP contribution in [0.15, 0.2) is 0 Å². The van der Waals surface area contributed by atoms with Gasteiger partial charge >= 0.3 is 0 Å². The van der Waals surface area contributed by atoms with Crippen molar-refractivity contribution < 1.29 is 0 Å². The predicted molar refractivity (Wildman–Crippen MR) is 65.2 cm³/mol. The molecule has 2 rings (SSSR count). The number of likely N-dealkylation sites (tertiary alicyclic amines) is 1. The summed E-state index contributed by atoms with van der Waals surface area (Å²) in [5.74, 6) is 0. The molecule has 0 radical (unpaired) electrons. The second kappa shape index (κ2) is 5.31. The molecule has 2 heteroatoms. The molecule has 1 saturated carbocycles. The van der Waals surface area contributed by atoms with Crippen molar-refractivity contribution >= 4 is 0 Å². The van der Waals surface area contributed by atoms with Crippen LogP contribution in [0.5, 0.6) is 0 Å². The fraction of sp³-hybridized carbons (Fsp3) is 1.00. The topological polar surface area (TPSA) is 15.3 Å². The summed E-state index contributed by atoms with van der Waals surface area (Å²) >= 11 is 0. The maximum absolute atomic E-state index is 3.43. The van der Waals surface area contributed by atoms with Crippen LogP contribution in [0.3, 0.4) is 0 Å². The summed E-state index contributed by atoms with van der Waals surface area (Å²) in [4.78, 5) is 2.80. The van der Waals surface area contributed by atoms with Gasteiger partial charge in [0, 0.05) is 12.1 Å². The van der Waals surface area contributed by atoms with Crippen molar-refractivity contribution in [2.75, 3.05) is 26.7 Å². The van der Waals surface area contributed by atoms with Crippen molar-refractivity contribution in [3.05, 3.63) is 0 Å². The lowest BCUT2D eigenvalue weighted by molar-refractivity contribution is 0.0350. The van der Waals surface area contributed by atoms with Gasteiger partial charge in [-0.15, -0.1) is 0 Å². The Labute approximate surface area is 94.4 Å². The van der Waals surface area contributed by atoms with Crippen LogP contribution in [0.2, 0.25) is 0 Å². The van der Waals surface area contributed by atoms with E-state index >= 15 is 0 Å². The quantitative estimate of drug-likeness (QED) is 0.769. The molecular formula is C13H26N2. The summed E-state index contributed by atoms with van der Waals surface area (Å²) in [5.41, 5.74) is 0.521. The molecule has 2 aliphatic rings. The van der Waals surface area contributed by atoms with Crippen LogP contribution in [-0.2, 0) is 0 Å². The van der Waals surface area contributed by atoms with E-state index in [0.29, 0.717) is 5.54 Å². The SMILES string of the molecule is CNCC1(N2CCCCC2)CCCCC1. The summed E-state index contributed by atoms with van der Waals surface area (Å²) in [5, 5.41) is 3.43. The van der Waals surface area contributed by atoms with Gasteiger partial charge < -0.3 is 5.32 Å². The van der Waals surface area contributed by atoms with E-state index in [1.807, 2.05) is 0 Å². The molecule has 0 aromatic heterocycles. The number of piperidine rings is 1. The maximum atomic E-state index is 3.43. The van der Waals surface area contributed by atoms with Gasteiger partial charge in [-0.05, 0) is 45.8 Å². The number of hydrogen-bond donors (Lipinski definition) is 1. The minimum atomic E-state index is 0.521. The lowest BCUT2D eigenvalue weighted by Crippen LogP contribution is -2.57. The molecule has 1 saturated heterocycles. The molecule has 0 atom stereocenters. The molecule has 0 unspecified atom stereocenters. The van der Waals surface area contributed by atoms with Crippen molar-refractivity contribution in [3.63, 3.8) is 0 Å². The zero-order valence-electron chi connectivity index (χ0n) is 10.2. The highest BCUT2D eigenvalue weighted by molar-refractivity contribution is 4.95. The highest BCUT2D eigenvalue weighted by atomic mass is 15.2. The number of likely N-dealkylation sites (N-methyl/N-ethyl adjacent to an activating group) is 1. The van der Waals surface area contributed by atoms with Gasteiger partial charge in [-0.2, -0.15) is 0 Å². The monoisotopic (exact) mass is 210 g/mol. The molecule has 1 N–H and O–H groups in total. The van der Waals surface area contributed by atoms with E-state index in [-0.39, 0.29) is 0 Å². The Bertz CT molecular complexity index is 173. The molecule has 0 amide bonds. The van der Waals surface area contributed by atoms with Crippen LogP contribution in [0.25, 0.3) is 0 Å². The van der Waals surface area contributed by atoms with Gasteiger partial charge in [0.1, 0.15) is 0 Å². The standard InChI is InChI=1S/C13H26N2/c1-14-12-13(8-4-2-5-9-13)15-10-6-3-7-11-15/h14H,2-12H2,1H3. The molecule has 15 heavy (non-hydrogen) atoms. The van der Waals surface area contributed by atoms with Gasteiger partial charge in [-0.1, -0.05) is 25.7 Å². The predicted octanol–water partition coefficient (Wildman–Crippen LogP) is 2.39. The summed E-state index contributed by atoms with van der Waals surface area (Å²) in [6, 6.07) is 0. The van der Waals surface area contributed by atoms with Crippen LogP contribution < -0.4 is 5.32 Å². The smallest absolute Gasteiger partial charge is 0.0333 e. The Morgan fingerprint density at radius 3 is 2.13 bits per heavy atom. The van der Waals surface area contributed by atoms with Gasteiger partial charge in [0.05, 0.1) is 0 Å². The lowest BCUT2D eigenvalue weighted by atomic mass is 9.79. The first-order chi connectivity index (χ1) is 7.37.